The molecular formula is C14H24N4O3S. The fourth-order valence-corrected chi connectivity index (χ4v) is 2.78. The Bertz CT molecular complexity index is 627. The minimum absolute atomic E-state index is 0.136. The van der Waals surface area contributed by atoms with Gasteiger partial charge in [-0.15, -0.1) is 0 Å². The number of amides is 1. The summed E-state index contributed by atoms with van der Waals surface area (Å²) < 4.78 is 25.5. The number of benzene rings is 1. The van der Waals surface area contributed by atoms with Crippen molar-refractivity contribution in [1.29, 1.82) is 0 Å². The number of carbonyl (C=O) groups excluding carboxylic acids is 1. The van der Waals surface area contributed by atoms with Crippen molar-refractivity contribution in [3.05, 3.63) is 18.2 Å². The minimum Gasteiger partial charge on any atom is -0.376 e. The summed E-state index contributed by atoms with van der Waals surface area (Å²) in [4.78, 5) is 13.8. The molecule has 0 spiro atoms. The average molecular weight is 328 g/mol. The fraction of sp³-hybridized carbons (Fsp3) is 0.500. The smallest absolute Gasteiger partial charge is 0.242 e. The predicted octanol–water partition coefficient (Wildman–Crippen LogP) is 0.680. The van der Waals surface area contributed by atoms with Crippen LogP contribution in [-0.2, 0) is 14.8 Å². The van der Waals surface area contributed by atoms with Crippen molar-refractivity contribution in [3.63, 3.8) is 0 Å². The van der Waals surface area contributed by atoms with Gasteiger partial charge in [0.2, 0.25) is 15.9 Å². The van der Waals surface area contributed by atoms with E-state index in [-0.39, 0.29) is 10.8 Å². The molecule has 0 aliphatic heterocycles. The van der Waals surface area contributed by atoms with Gasteiger partial charge in [-0.25, -0.2) is 12.7 Å². The second kappa shape index (κ2) is 7.57. The first-order chi connectivity index (χ1) is 10.2. The van der Waals surface area contributed by atoms with Crippen LogP contribution in [0, 0.1) is 0 Å². The Morgan fingerprint density at radius 1 is 1.23 bits per heavy atom. The highest BCUT2D eigenvalue weighted by atomic mass is 32.2. The maximum absolute atomic E-state index is 12.2. The van der Waals surface area contributed by atoms with Crippen molar-refractivity contribution in [2.75, 3.05) is 45.0 Å². The van der Waals surface area contributed by atoms with Crippen LogP contribution in [-0.4, -0.2) is 53.4 Å². The summed E-state index contributed by atoms with van der Waals surface area (Å²) in [6, 6.07) is 4.68. The number of nitrogens with two attached hydrogens (primary N) is 1. The molecule has 0 saturated heterocycles. The zero-order valence-corrected chi connectivity index (χ0v) is 14.3. The molecule has 0 aliphatic carbocycles. The van der Waals surface area contributed by atoms with Gasteiger partial charge in [0.05, 0.1) is 16.3 Å². The van der Waals surface area contributed by atoms with Crippen molar-refractivity contribution in [2.45, 2.75) is 17.7 Å². The maximum atomic E-state index is 12.2. The highest BCUT2D eigenvalue weighted by molar-refractivity contribution is 7.89. The molecule has 7 nitrogen and oxygen atoms in total. The molecule has 0 saturated carbocycles. The first kappa shape index (κ1) is 18.4. The average Bonchev–Trinajstić information content (AvgIpc) is 2.44. The van der Waals surface area contributed by atoms with Crippen LogP contribution in [0.5, 0.6) is 0 Å². The van der Waals surface area contributed by atoms with Gasteiger partial charge in [0.15, 0.2) is 0 Å². The summed E-state index contributed by atoms with van der Waals surface area (Å²) >= 11 is 0. The summed E-state index contributed by atoms with van der Waals surface area (Å²) in [5.74, 6) is -0.187. The molecule has 3 N–H and O–H groups in total. The molecule has 22 heavy (non-hydrogen) atoms. The van der Waals surface area contributed by atoms with Gasteiger partial charge in [-0.1, -0.05) is 0 Å². The van der Waals surface area contributed by atoms with Crippen molar-refractivity contribution in [3.8, 4) is 0 Å². The van der Waals surface area contributed by atoms with Gasteiger partial charge in [0.25, 0.3) is 0 Å². The molecule has 0 fully saturated rings. The molecule has 0 heterocycles. The number of carbonyl (C=O) groups is 1. The number of anilines is 2. The summed E-state index contributed by atoms with van der Waals surface area (Å²) in [5.41, 5.74) is 6.59. The normalized spacial score (nSPS) is 11.5. The third-order valence-electron chi connectivity index (χ3n) is 3.11. The van der Waals surface area contributed by atoms with Gasteiger partial charge >= 0.3 is 0 Å². The summed E-state index contributed by atoms with van der Waals surface area (Å²) in [7, 11) is 3.03. The van der Waals surface area contributed by atoms with Gasteiger partial charge in [-0.3, -0.25) is 4.79 Å². The highest BCUT2D eigenvalue weighted by Gasteiger charge is 2.19. The molecule has 0 unspecified atom stereocenters. The van der Waals surface area contributed by atoms with E-state index in [1.165, 1.54) is 26.2 Å². The van der Waals surface area contributed by atoms with Crippen LogP contribution >= 0.6 is 0 Å². The SMILES string of the molecule is CN(C)c1ccc(S(=O)(=O)N(C)C)cc1NC(=O)CCCN. The largest absolute Gasteiger partial charge is 0.376 e. The van der Waals surface area contributed by atoms with Crippen LogP contribution in [0.3, 0.4) is 0 Å². The second-order valence-corrected chi connectivity index (χ2v) is 7.45. The minimum atomic E-state index is -3.55. The number of nitrogens with one attached hydrogen (secondary N) is 1. The summed E-state index contributed by atoms with van der Waals surface area (Å²) in [6.45, 7) is 0.434. The third-order valence-corrected chi connectivity index (χ3v) is 4.92. The molecule has 1 aromatic carbocycles. The van der Waals surface area contributed by atoms with E-state index in [1.54, 1.807) is 6.07 Å². The van der Waals surface area contributed by atoms with Crippen LogP contribution < -0.4 is 16.0 Å². The lowest BCUT2D eigenvalue weighted by Gasteiger charge is -2.20. The zero-order chi connectivity index (χ0) is 16.9. The van der Waals surface area contributed by atoms with E-state index < -0.39 is 10.0 Å². The van der Waals surface area contributed by atoms with Crippen molar-refractivity contribution in [1.82, 2.24) is 4.31 Å². The second-order valence-electron chi connectivity index (χ2n) is 5.30. The molecule has 1 amide bonds. The number of rotatable bonds is 7. The maximum Gasteiger partial charge on any atom is 0.242 e. The van der Waals surface area contributed by atoms with Crippen LogP contribution in [0.1, 0.15) is 12.8 Å². The van der Waals surface area contributed by atoms with Crippen LogP contribution in [0.2, 0.25) is 0 Å². The van der Waals surface area contributed by atoms with E-state index in [1.807, 2.05) is 19.0 Å². The highest BCUT2D eigenvalue weighted by Crippen LogP contribution is 2.28. The summed E-state index contributed by atoms with van der Waals surface area (Å²) in [5, 5.41) is 2.76. The standard InChI is InChI=1S/C14H24N4O3S/c1-17(2)13-8-7-11(22(20,21)18(3)4)10-12(13)16-14(19)6-5-9-15/h7-8,10H,5-6,9,15H2,1-4H3,(H,16,19). The summed E-state index contributed by atoms with van der Waals surface area (Å²) in [6.07, 6.45) is 0.882. The fourth-order valence-electron chi connectivity index (χ4n) is 1.85. The first-order valence-electron chi connectivity index (χ1n) is 6.94. The Balaban J connectivity index is 3.19. The van der Waals surface area contributed by atoms with Crippen molar-refractivity contribution in [2.24, 2.45) is 5.73 Å². The molecular weight excluding hydrogens is 304 g/mol. The Hall–Kier alpha value is -1.64. The quantitative estimate of drug-likeness (QED) is 0.767. The lowest BCUT2D eigenvalue weighted by Crippen LogP contribution is -2.23. The molecule has 8 heteroatoms. The topological polar surface area (TPSA) is 95.7 Å². The first-order valence-corrected chi connectivity index (χ1v) is 8.38. The number of sulfonamides is 1. The Morgan fingerprint density at radius 2 is 1.86 bits per heavy atom. The molecule has 0 aromatic heterocycles. The van der Waals surface area contributed by atoms with Gasteiger partial charge in [-0.05, 0) is 31.2 Å². The monoisotopic (exact) mass is 328 g/mol. The molecule has 0 radical (unpaired) electrons. The van der Waals surface area contributed by atoms with Gasteiger partial charge in [0, 0.05) is 34.6 Å². The molecule has 0 aliphatic rings. The van der Waals surface area contributed by atoms with E-state index in [0.29, 0.717) is 25.1 Å². The van der Waals surface area contributed by atoms with Crippen molar-refractivity contribution >= 4 is 27.3 Å². The lowest BCUT2D eigenvalue weighted by molar-refractivity contribution is -0.116. The number of hydrogen-bond acceptors (Lipinski definition) is 5. The number of nitrogens with zero attached hydrogens (tertiary/aromatic N) is 2. The van der Waals surface area contributed by atoms with E-state index >= 15 is 0 Å². The Kier molecular flexibility index (Phi) is 6.34. The number of hydrogen-bond donors (Lipinski definition) is 2. The third kappa shape index (κ3) is 4.43. The molecule has 0 atom stereocenters. The van der Waals surface area contributed by atoms with E-state index in [4.69, 9.17) is 5.73 Å². The molecule has 0 bridgehead atoms. The predicted molar refractivity (Wildman–Crippen MR) is 88.6 cm³/mol. The lowest BCUT2D eigenvalue weighted by atomic mass is 10.2. The van der Waals surface area contributed by atoms with E-state index in [9.17, 15) is 13.2 Å². The Labute approximate surface area is 132 Å². The van der Waals surface area contributed by atoms with Crippen molar-refractivity contribution < 1.29 is 13.2 Å². The van der Waals surface area contributed by atoms with E-state index in [0.717, 1.165) is 9.99 Å². The van der Waals surface area contributed by atoms with Crippen LogP contribution in [0.25, 0.3) is 0 Å². The van der Waals surface area contributed by atoms with Crippen LogP contribution in [0.4, 0.5) is 11.4 Å². The Morgan fingerprint density at radius 3 is 2.36 bits per heavy atom. The van der Waals surface area contributed by atoms with E-state index in [2.05, 4.69) is 5.32 Å². The van der Waals surface area contributed by atoms with Gasteiger partial charge in [0.1, 0.15) is 0 Å². The van der Waals surface area contributed by atoms with Gasteiger partial charge < -0.3 is 16.0 Å². The molecule has 124 valence electrons. The van der Waals surface area contributed by atoms with Gasteiger partial charge in [-0.2, -0.15) is 0 Å². The molecule has 1 aromatic rings. The zero-order valence-electron chi connectivity index (χ0n) is 13.5. The van der Waals surface area contributed by atoms with Crippen LogP contribution in [0.15, 0.2) is 23.1 Å². The molecule has 1 rings (SSSR count).